The summed E-state index contributed by atoms with van der Waals surface area (Å²) in [6.45, 7) is 8.34. The summed E-state index contributed by atoms with van der Waals surface area (Å²) >= 11 is 0. The standard InChI is InChI=1S/C25H33N3O3/c1-18(2)26-25(30)22-15-21(9-10-23(22)28-13-11-19(3)12-14-28)27-24(29)17-31-16-20-7-5-4-6-8-20/h4-10,15,18-19H,11-14,16-17H2,1-3H3,(H,26,30)(H,27,29). The number of piperidine rings is 1. The fourth-order valence-electron chi connectivity index (χ4n) is 3.69. The number of carbonyl (C=O) groups excluding carboxylic acids is 2. The molecule has 1 aliphatic rings. The van der Waals surface area contributed by atoms with Crippen molar-refractivity contribution in [1.82, 2.24) is 5.32 Å². The molecule has 0 atom stereocenters. The number of benzene rings is 2. The molecule has 2 aromatic rings. The molecule has 2 N–H and O–H groups in total. The molecule has 3 rings (SSSR count). The number of nitrogens with one attached hydrogen (secondary N) is 2. The molecule has 2 aromatic carbocycles. The first kappa shape index (κ1) is 22.8. The molecule has 166 valence electrons. The van der Waals surface area contributed by atoms with E-state index < -0.39 is 0 Å². The summed E-state index contributed by atoms with van der Waals surface area (Å²) in [4.78, 5) is 27.5. The molecule has 31 heavy (non-hydrogen) atoms. The molecule has 1 aliphatic heterocycles. The highest BCUT2D eigenvalue weighted by Gasteiger charge is 2.22. The van der Waals surface area contributed by atoms with E-state index in [2.05, 4.69) is 22.5 Å². The van der Waals surface area contributed by atoms with Gasteiger partial charge in [0.1, 0.15) is 6.61 Å². The van der Waals surface area contributed by atoms with Gasteiger partial charge in [-0.25, -0.2) is 0 Å². The van der Waals surface area contributed by atoms with E-state index in [-0.39, 0.29) is 24.5 Å². The molecule has 1 fully saturated rings. The molecule has 2 amide bonds. The first-order valence-electron chi connectivity index (χ1n) is 11.0. The lowest BCUT2D eigenvalue weighted by molar-refractivity contribution is -0.121. The Bertz CT molecular complexity index is 875. The van der Waals surface area contributed by atoms with Crippen LogP contribution in [0.1, 0.15) is 49.5 Å². The fourth-order valence-corrected chi connectivity index (χ4v) is 3.69. The number of ether oxygens (including phenoxy) is 1. The third-order valence-electron chi connectivity index (χ3n) is 5.41. The summed E-state index contributed by atoms with van der Waals surface area (Å²) in [5.41, 5.74) is 3.12. The van der Waals surface area contributed by atoms with Gasteiger partial charge in [0, 0.05) is 30.5 Å². The van der Waals surface area contributed by atoms with Crippen molar-refractivity contribution < 1.29 is 14.3 Å². The molecule has 0 saturated carbocycles. The Morgan fingerprint density at radius 1 is 1.10 bits per heavy atom. The molecule has 0 bridgehead atoms. The number of anilines is 2. The molecule has 6 heteroatoms. The van der Waals surface area contributed by atoms with Gasteiger partial charge in [-0.2, -0.15) is 0 Å². The summed E-state index contributed by atoms with van der Waals surface area (Å²) < 4.78 is 5.51. The summed E-state index contributed by atoms with van der Waals surface area (Å²) in [6, 6.07) is 15.3. The van der Waals surface area contributed by atoms with E-state index in [1.807, 2.05) is 56.3 Å². The van der Waals surface area contributed by atoms with Crippen LogP contribution in [-0.2, 0) is 16.1 Å². The highest BCUT2D eigenvalue weighted by molar-refractivity contribution is 6.02. The van der Waals surface area contributed by atoms with Gasteiger partial charge < -0.3 is 20.3 Å². The van der Waals surface area contributed by atoms with Crippen molar-refractivity contribution in [1.29, 1.82) is 0 Å². The molecule has 0 unspecified atom stereocenters. The lowest BCUT2D eigenvalue weighted by Crippen LogP contribution is -2.36. The normalized spacial score (nSPS) is 14.5. The molecule has 1 saturated heterocycles. The number of nitrogens with zero attached hydrogens (tertiary/aromatic N) is 1. The van der Waals surface area contributed by atoms with Gasteiger partial charge in [-0.15, -0.1) is 0 Å². The van der Waals surface area contributed by atoms with Gasteiger partial charge in [0.25, 0.3) is 5.91 Å². The van der Waals surface area contributed by atoms with Crippen molar-refractivity contribution in [3.63, 3.8) is 0 Å². The van der Waals surface area contributed by atoms with Crippen LogP contribution in [0.5, 0.6) is 0 Å². The second-order valence-corrected chi connectivity index (χ2v) is 8.56. The number of hydrogen-bond acceptors (Lipinski definition) is 4. The van der Waals surface area contributed by atoms with Crippen LogP contribution < -0.4 is 15.5 Å². The summed E-state index contributed by atoms with van der Waals surface area (Å²) in [7, 11) is 0. The third kappa shape index (κ3) is 6.82. The zero-order valence-electron chi connectivity index (χ0n) is 18.7. The van der Waals surface area contributed by atoms with Gasteiger partial charge in [0.15, 0.2) is 0 Å². The van der Waals surface area contributed by atoms with Crippen LogP contribution in [0.25, 0.3) is 0 Å². The maximum atomic E-state index is 12.9. The highest BCUT2D eigenvalue weighted by Crippen LogP contribution is 2.29. The average molecular weight is 424 g/mol. The second kappa shape index (κ2) is 11.0. The van der Waals surface area contributed by atoms with Gasteiger partial charge >= 0.3 is 0 Å². The summed E-state index contributed by atoms with van der Waals surface area (Å²) in [6.07, 6.45) is 2.23. The van der Waals surface area contributed by atoms with E-state index in [1.54, 1.807) is 6.07 Å². The second-order valence-electron chi connectivity index (χ2n) is 8.56. The van der Waals surface area contributed by atoms with Crippen LogP contribution in [-0.4, -0.2) is 37.6 Å². The number of hydrogen-bond donors (Lipinski definition) is 2. The topological polar surface area (TPSA) is 70.7 Å². The molecular formula is C25H33N3O3. The lowest BCUT2D eigenvalue weighted by atomic mass is 9.97. The molecule has 6 nitrogen and oxygen atoms in total. The third-order valence-corrected chi connectivity index (χ3v) is 5.41. The molecular weight excluding hydrogens is 390 g/mol. The van der Waals surface area contributed by atoms with E-state index >= 15 is 0 Å². The van der Waals surface area contributed by atoms with E-state index in [4.69, 9.17) is 4.74 Å². The maximum absolute atomic E-state index is 12.9. The van der Waals surface area contributed by atoms with Crippen LogP contribution in [0.3, 0.4) is 0 Å². The minimum Gasteiger partial charge on any atom is -0.371 e. The predicted molar refractivity (Wildman–Crippen MR) is 124 cm³/mol. The zero-order chi connectivity index (χ0) is 22.2. The van der Waals surface area contributed by atoms with Crippen LogP contribution >= 0.6 is 0 Å². The lowest BCUT2D eigenvalue weighted by Gasteiger charge is -2.33. The summed E-state index contributed by atoms with van der Waals surface area (Å²) in [5, 5.41) is 5.83. The van der Waals surface area contributed by atoms with Crippen molar-refractivity contribution in [2.75, 3.05) is 29.9 Å². The number of carbonyl (C=O) groups is 2. The highest BCUT2D eigenvalue weighted by atomic mass is 16.5. The van der Waals surface area contributed by atoms with Crippen molar-refractivity contribution in [2.45, 2.75) is 46.3 Å². The maximum Gasteiger partial charge on any atom is 0.253 e. The number of rotatable bonds is 8. The van der Waals surface area contributed by atoms with Crippen LogP contribution in [0.15, 0.2) is 48.5 Å². The Labute approximate surface area is 185 Å². The quantitative estimate of drug-likeness (QED) is 0.667. The van der Waals surface area contributed by atoms with Crippen molar-refractivity contribution in [3.05, 3.63) is 59.7 Å². The van der Waals surface area contributed by atoms with E-state index in [0.717, 1.165) is 37.2 Å². The SMILES string of the molecule is CC1CCN(c2ccc(NC(=O)COCc3ccccc3)cc2C(=O)NC(C)C)CC1. The Kier molecular flexibility index (Phi) is 8.06. The van der Waals surface area contributed by atoms with Crippen LogP contribution in [0.2, 0.25) is 0 Å². The predicted octanol–water partition coefficient (Wildman–Crippen LogP) is 4.22. The molecule has 1 heterocycles. The van der Waals surface area contributed by atoms with Crippen LogP contribution in [0, 0.1) is 5.92 Å². The minimum absolute atomic E-state index is 0.0337. The molecule has 0 spiro atoms. The van der Waals surface area contributed by atoms with E-state index in [9.17, 15) is 9.59 Å². The first-order valence-corrected chi connectivity index (χ1v) is 11.0. The average Bonchev–Trinajstić information content (AvgIpc) is 2.75. The Hall–Kier alpha value is -2.86. The number of amides is 2. The van der Waals surface area contributed by atoms with Gasteiger partial charge in [0.05, 0.1) is 12.2 Å². The van der Waals surface area contributed by atoms with Crippen molar-refractivity contribution in [3.8, 4) is 0 Å². The van der Waals surface area contributed by atoms with Gasteiger partial charge in [-0.05, 0) is 56.4 Å². The zero-order valence-corrected chi connectivity index (χ0v) is 18.7. The Morgan fingerprint density at radius 2 is 1.81 bits per heavy atom. The van der Waals surface area contributed by atoms with Crippen LogP contribution in [0.4, 0.5) is 11.4 Å². The van der Waals surface area contributed by atoms with E-state index in [1.165, 1.54) is 0 Å². The van der Waals surface area contributed by atoms with Gasteiger partial charge in [-0.1, -0.05) is 37.3 Å². The smallest absolute Gasteiger partial charge is 0.253 e. The summed E-state index contributed by atoms with van der Waals surface area (Å²) in [5.74, 6) is 0.337. The van der Waals surface area contributed by atoms with Crippen molar-refractivity contribution in [2.24, 2.45) is 5.92 Å². The largest absolute Gasteiger partial charge is 0.371 e. The molecule has 0 aliphatic carbocycles. The monoisotopic (exact) mass is 423 g/mol. The fraction of sp³-hybridized carbons (Fsp3) is 0.440. The first-order chi connectivity index (χ1) is 14.9. The van der Waals surface area contributed by atoms with E-state index in [0.29, 0.717) is 23.8 Å². The Balaban J connectivity index is 1.67. The van der Waals surface area contributed by atoms with Crippen molar-refractivity contribution >= 4 is 23.2 Å². The molecule has 0 aromatic heterocycles. The van der Waals surface area contributed by atoms with Gasteiger partial charge in [-0.3, -0.25) is 9.59 Å². The molecule has 0 radical (unpaired) electrons. The van der Waals surface area contributed by atoms with Gasteiger partial charge in [0.2, 0.25) is 5.91 Å². The minimum atomic E-state index is -0.245. The Morgan fingerprint density at radius 3 is 2.48 bits per heavy atom.